The van der Waals surface area contributed by atoms with Gasteiger partial charge in [-0.2, -0.15) is 0 Å². The Morgan fingerprint density at radius 3 is 2.45 bits per heavy atom. The van der Waals surface area contributed by atoms with Crippen molar-refractivity contribution in [1.29, 1.82) is 0 Å². The SMILES string of the molecule is CC(C)[C@H](N)C(=O)NCC1(CN2CCOCC2)CCCCC1. The minimum Gasteiger partial charge on any atom is -0.379 e. The molecule has 1 amide bonds. The van der Waals surface area contributed by atoms with Crippen molar-refractivity contribution in [3.8, 4) is 0 Å². The van der Waals surface area contributed by atoms with Gasteiger partial charge in [0.15, 0.2) is 0 Å². The van der Waals surface area contributed by atoms with E-state index in [0.717, 1.165) is 39.4 Å². The molecule has 128 valence electrons. The van der Waals surface area contributed by atoms with Crippen LogP contribution in [0.15, 0.2) is 0 Å². The van der Waals surface area contributed by atoms with Crippen molar-refractivity contribution >= 4 is 5.91 Å². The highest BCUT2D eigenvalue weighted by molar-refractivity contribution is 5.81. The number of amides is 1. The van der Waals surface area contributed by atoms with E-state index in [1.807, 2.05) is 13.8 Å². The summed E-state index contributed by atoms with van der Waals surface area (Å²) in [6, 6.07) is -0.399. The number of nitrogens with one attached hydrogen (secondary N) is 1. The summed E-state index contributed by atoms with van der Waals surface area (Å²) in [5, 5.41) is 3.14. The average molecular weight is 311 g/mol. The van der Waals surface area contributed by atoms with E-state index in [9.17, 15) is 4.79 Å². The molecule has 0 aromatic rings. The second kappa shape index (κ2) is 8.27. The van der Waals surface area contributed by atoms with Crippen LogP contribution < -0.4 is 11.1 Å². The number of hydrogen-bond donors (Lipinski definition) is 2. The van der Waals surface area contributed by atoms with Gasteiger partial charge in [-0.3, -0.25) is 9.69 Å². The molecule has 1 saturated heterocycles. The third-order valence-corrected chi connectivity index (χ3v) is 5.24. The van der Waals surface area contributed by atoms with E-state index in [4.69, 9.17) is 10.5 Å². The molecule has 0 spiro atoms. The Morgan fingerprint density at radius 2 is 1.86 bits per heavy atom. The lowest BCUT2D eigenvalue weighted by Gasteiger charge is -2.42. The number of nitrogens with two attached hydrogens (primary N) is 1. The lowest BCUT2D eigenvalue weighted by molar-refractivity contribution is -0.124. The fraction of sp³-hybridized carbons (Fsp3) is 0.941. The molecule has 22 heavy (non-hydrogen) atoms. The van der Waals surface area contributed by atoms with Crippen LogP contribution in [-0.4, -0.2) is 56.2 Å². The van der Waals surface area contributed by atoms with Gasteiger partial charge in [-0.15, -0.1) is 0 Å². The first-order chi connectivity index (χ1) is 10.5. The van der Waals surface area contributed by atoms with Crippen molar-refractivity contribution in [2.75, 3.05) is 39.4 Å². The zero-order valence-corrected chi connectivity index (χ0v) is 14.3. The van der Waals surface area contributed by atoms with Gasteiger partial charge in [0.25, 0.3) is 0 Å². The minimum atomic E-state index is -0.399. The molecule has 1 aliphatic heterocycles. The van der Waals surface area contributed by atoms with Gasteiger partial charge in [0, 0.05) is 31.6 Å². The normalized spacial score (nSPS) is 24.2. The largest absolute Gasteiger partial charge is 0.379 e. The first-order valence-electron chi connectivity index (χ1n) is 8.86. The second-order valence-electron chi connectivity index (χ2n) is 7.44. The molecule has 3 N–H and O–H groups in total. The van der Waals surface area contributed by atoms with E-state index in [2.05, 4.69) is 10.2 Å². The monoisotopic (exact) mass is 311 g/mol. The van der Waals surface area contributed by atoms with E-state index in [0.29, 0.717) is 0 Å². The average Bonchev–Trinajstić information content (AvgIpc) is 2.53. The quantitative estimate of drug-likeness (QED) is 0.777. The third kappa shape index (κ3) is 4.93. The first-order valence-corrected chi connectivity index (χ1v) is 8.86. The van der Waals surface area contributed by atoms with Gasteiger partial charge in [-0.25, -0.2) is 0 Å². The number of rotatable bonds is 6. The van der Waals surface area contributed by atoms with Gasteiger partial charge >= 0.3 is 0 Å². The van der Waals surface area contributed by atoms with Crippen molar-refractivity contribution in [1.82, 2.24) is 10.2 Å². The maximum Gasteiger partial charge on any atom is 0.237 e. The van der Waals surface area contributed by atoms with Gasteiger partial charge in [0.05, 0.1) is 19.3 Å². The predicted molar refractivity (Wildman–Crippen MR) is 88.6 cm³/mol. The summed E-state index contributed by atoms with van der Waals surface area (Å²) >= 11 is 0. The van der Waals surface area contributed by atoms with Gasteiger partial charge in [-0.05, 0) is 18.8 Å². The van der Waals surface area contributed by atoms with Crippen molar-refractivity contribution in [2.24, 2.45) is 17.1 Å². The van der Waals surface area contributed by atoms with Crippen LogP contribution in [0.4, 0.5) is 0 Å². The highest BCUT2D eigenvalue weighted by atomic mass is 16.5. The number of carbonyl (C=O) groups is 1. The standard InChI is InChI=1S/C17H33N3O2/c1-14(2)15(18)16(21)19-12-17(6-4-3-5-7-17)13-20-8-10-22-11-9-20/h14-15H,3-13,18H2,1-2H3,(H,19,21)/t15-/m0/s1. The van der Waals surface area contributed by atoms with Crippen LogP contribution >= 0.6 is 0 Å². The zero-order valence-electron chi connectivity index (χ0n) is 14.3. The Labute approximate surface area is 134 Å². The molecule has 1 saturated carbocycles. The van der Waals surface area contributed by atoms with E-state index < -0.39 is 6.04 Å². The Balaban J connectivity index is 1.91. The van der Waals surface area contributed by atoms with Gasteiger partial charge < -0.3 is 15.8 Å². The summed E-state index contributed by atoms with van der Waals surface area (Å²) in [4.78, 5) is 14.7. The van der Waals surface area contributed by atoms with Crippen LogP contribution in [0.25, 0.3) is 0 Å². The van der Waals surface area contributed by atoms with E-state index in [1.165, 1.54) is 32.1 Å². The number of morpholine rings is 1. The molecule has 0 unspecified atom stereocenters. The molecule has 0 radical (unpaired) electrons. The van der Waals surface area contributed by atoms with Gasteiger partial charge in [0.2, 0.25) is 5.91 Å². The summed E-state index contributed by atoms with van der Waals surface area (Å²) in [5.74, 6) is 0.184. The van der Waals surface area contributed by atoms with Crippen molar-refractivity contribution in [2.45, 2.75) is 52.0 Å². The molecule has 2 rings (SSSR count). The zero-order chi connectivity index (χ0) is 16.0. The summed E-state index contributed by atoms with van der Waals surface area (Å²) < 4.78 is 5.45. The summed E-state index contributed by atoms with van der Waals surface area (Å²) in [6.45, 7) is 9.53. The maximum absolute atomic E-state index is 12.2. The molecule has 2 aliphatic rings. The first kappa shape index (κ1) is 17.7. The predicted octanol–water partition coefficient (Wildman–Crippen LogP) is 1.37. The van der Waals surface area contributed by atoms with Crippen LogP contribution in [0.3, 0.4) is 0 Å². The smallest absolute Gasteiger partial charge is 0.237 e. The Morgan fingerprint density at radius 1 is 1.23 bits per heavy atom. The van der Waals surface area contributed by atoms with E-state index >= 15 is 0 Å². The highest BCUT2D eigenvalue weighted by Crippen LogP contribution is 2.36. The van der Waals surface area contributed by atoms with Crippen LogP contribution in [0.1, 0.15) is 46.0 Å². The third-order valence-electron chi connectivity index (χ3n) is 5.24. The van der Waals surface area contributed by atoms with Crippen LogP contribution in [0.2, 0.25) is 0 Å². The van der Waals surface area contributed by atoms with Gasteiger partial charge in [-0.1, -0.05) is 33.1 Å². The number of carbonyl (C=O) groups excluding carboxylic acids is 1. The van der Waals surface area contributed by atoms with Crippen molar-refractivity contribution in [3.05, 3.63) is 0 Å². The van der Waals surface area contributed by atoms with Crippen molar-refractivity contribution in [3.63, 3.8) is 0 Å². The second-order valence-corrected chi connectivity index (χ2v) is 7.44. The fourth-order valence-corrected chi connectivity index (χ4v) is 3.62. The lowest BCUT2D eigenvalue weighted by atomic mass is 9.73. The molecule has 0 aromatic carbocycles. The molecule has 2 fully saturated rings. The molecule has 5 heteroatoms. The summed E-state index contributed by atoms with van der Waals surface area (Å²) in [5.41, 5.74) is 6.19. The Hall–Kier alpha value is -0.650. The maximum atomic E-state index is 12.2. The summed E-state index contributed by atoms with van der Waals surface area (Å²) in [6.07, 6.45) is 6.29. The molecular weight excluding hydrogens is 278 g/mol. The minimum absolute atomic E-state index is 0.00178. The number of ether oxygens (including phenoxy) is 1. The molecule has 0 aromatic heterocycles. The molecule has 1 atom stereocenters. The van der Waals surface area contributed by atoms with E-state index in [1.54, 1.807) is 0 Å². The number of hydrogen-bond acceptors (Lipinski definition) is 4. The van der Waals surface area contributed by atoms with E-state index in [-0.39, 0.29) is 17.2 Å². The Kier molecular flexibility index (Phi) is 6.66. The van der Waals surface area contributed by atoms with Gasteiger partial charge in [0.1, 0.15) is 0 Å². The molecule has 1 aliphatic carbocycles. The molecular formula is C17H33N3O2. The molecule has 1 heterocycles. The highest BCUT2D eigenvalue weighted by Gasteiger charge is 2.35. The van der Waals surface area contributed by atoms with Crippen LogP contribution in [-0.2, 0) is 9.53 Å². The fourth-order valence-electron chi connectivity index (χ4n) is 3.62. The molecule has 0 bridgehead atoms. The number of nitrogens with zero attached hydrogens (tertiary/aromatic N) is 1. The molecule has 5 nitrogen and oxygen atoms in total. The van der Waals surface area contributed by atoms with Crippen LogP contribution in [0.5, 0.6) is 0 Å². The van der Waals surface area contributed by atoms with Crippen molar-refractivity contribution < 1.29 is 9.53 Å². The summed E-state index contributed by atoms with van der Waals surface area (Å²) in [7, 11) is 0. The topological polar surface area (TPSA) is 67.6 Å². The lowest BCUT2D eigenvalue weighted by Crippen LogP contribution is -2.52. The van der Waals surface area contributed by atoms with Crippen LogP contribution in [0, 0.1) is 11.3 Å². The Bertz CT molecular complexity index is 348.